The molecule has 2 rings (SSSR count). The second kappa shape index (κ2) is 5.76. The molecule has 1 amide bonds. The number of hydrogen-bond donors (Lipinski definition) is 2. The lowest BCUT2D eigenvalue weighted by molar-refractivity contribution is 0.0950. The van der Waals surface area contributed by atoms with E-state index in [0.29, 0.717) is 22.7 Å². The fourth-order valence-corrected chi connectivity index (χ4v) is 1.98. The van der Waals surface area contributed by atoms with E-state index in [1.807, 2.05) is 18.2 Å². The molecule has 2 aromatic rings. The number of benzene rings is 2. The largest absolute Gasteiger partial charge is 0.508 e. The van der Waals surface area contributed by atoms with Gasteiger partial charge in [-0.1, -0.05) is 35.9 Å². The van der Waals surface area contributed by atoms with E-state index in [1.165, 1.54) is 0 Å². The third-order valence-corrected chi connectivity index (χ3v) is 3.32. The summed E-state index contributed by atoms with van der Waals surface area (Å²) >= 11 is 6.02. The van der Waals surface area contributed by atoms with Gasteiger partial charge in [-0.25, -0.2) is 0 Å². The molecule has 0 saturated carbocycles. The average molecular weight is 276 g/mol. The lowest BCUT2D eigenvalue weighted by Gasteiger charge is -2.09. The molecular weight excluding hydrogens is 262 g/mol. The molecule has 0 aliphatic rings. The Bertz CT molecular complexity index is 611. The zero-order chi connectivity index (χ0) is 13.8. The molecule has 0 fully saturated rings. The highest BCUT2D eigenvalue weighted by atomic mass is 35.5. The van der Waals surface area contributed by atoms with E-state index in [2.05, 4.69) is 5.32 Å². The van der Waals surface area contributed by atoms with Gasteiger partial charge in [0.15, 0.2) is 0 Å². The Balaban J connectivity index is 2.10. The van der Waals surface area contributed by atoms with Crippen LogP contribution in [0.15, 0.2) is 42.5 Å². The summed E-state index contributed by atoms with van der Waals surface area (Å²) in [6.45, 7) is 2.06. The van der Waals surface area contributed by atoms with E-state index in [-0.39, 0.29) is 11.7 Å². The van der Waals surface area contributed by atoms with Gasteiger partial charge in [-0.2, -0.15) is 0 Å². The number of rotatable bonds is 3. The van der Waals surface area contributed by atoms with Crippen LogP contribution in [0.1, 0.15) is 21.5 Å². The number of phenolic OH excluding ortho intramolecular Hbond substituents is 1. The lowest BCUT2D eigenvalue weighted by atomic mass is 10.1. The van der Waals surface area contributed by atoms with Gasteiger partial charge < -0.3 is 10.4 Å². The van der Waals surface area contributed by atoms with E-state index in [1.54, 1.807) is 31.2 Å². The highest BCUT2D eigenvalue weighted by Gasteiger charge is 2.11. The molecule has 4 heteroatoms. The molecule has 19 heavy (non-hydrogen) atoms. The summed E-state index contributed by atoms with van der Waals surface area (Å²) in [7, 11) is 0. The SMILES string of the molecule is Cc1c(O)cccc1C(=O)NCc1ccccc1Cl. The Morgan fingerprint density at radius 2 is 1.95 bits per heavy atom. The van der Waals surface area contributed by atoms with Gasteiger partial charge in [0.25, 0.3) is 5.91 Å². The van der Waals surface area contributed by atoms with Gasteiger partial charge in [-0.15, -0.1) is 0 Å². The molecule has 0 aliphatic carbocycles. The third kappa shape index (κ3) is 3.06. The highest BCUT2D eigenvalue weighted by molar-refractivity contribution is 6.31. The minimum absolute atomic E-state index is 0.116. The quantitative estimate of drug-likeness (QED) is 0.903. The van der Waals surface area contributed by atoms with Crippen LogP contribution in [0.25, 0.3) is 0 Å². The summed E-state index contributed by atoms with van der Waals surface area (Å²) in [5, 5.41) is 13.0. The minimum Gasteiger partial charge on any atom is -0.508 e. The van der Waals surface area contributed by atoms with Crippen LogP contribution >= 0.6 is 11.6 Å². The van der Waals surface area contributed by atoms with Crippen molar-refractivity contribution in [3.8, 4) is 5.75 Å². The number of carbonyl (C=O) groups excluding carboxylic acids is 1. The fourth-order valence-electron chi connectivity index (χ4n) is 1.78. The Morgan fingerprint density at radius 3 is 2.68 bits per heavy atom. The van der Waals surface area contributed by atoms with Crippen LogP contribution < -0.4 is 5.32 Å². The standard InChI is InChI=1S/C15H14ClNO2/c1-10-12(6-4-8-14(10)18)15(19)17-9-11-5-2-3-7-13(11)16/h2-8,18H,9H2,1H3,(H,17,19). The van der Waals surface area contributed by atoms with Crippen molar-refractivity contribution < 1.29 is 9.90 Å². The van der Waals surface area contributed by atoms with Crippen LogP contribution in [0.5, 0.6) is 5.75 Å². The molecule has 0 heterocycles. The molecule has 0 bridgehead atoms. The van der Waals surface area contributed by atoms with Gasteiger partial charge in [-0.05, 0) is 30.7 Å². The lowest BCUT2D eigenvalue weighted by Crippen LogP contribution is -2.23. The Morgan fingerprint density at radius 1 is 1.21 bits per heavy atom. The van der Waals surface area contributed by atoms with Gasteiger partial charge in [0, 0.05) is 22.7 Å². The first-order valence-electron chi connectivity index (χ1n) is 5.90. The summed E-state index contributed by atoms with van der Waals surface area (Å²) in [6.07, 6.45) is 0. The summed E-state index contributed by atoms with van der Waals surface area (Å²) < 4.78 is 0. The van der Waals surface area contributed by atoms with Crippen molar-refractivity contribution >= 4 is 17.5 Å². The first kappa shape index (κ1) is 13.4. The predicted molar refractivity (Wildman–Crippen MR) is 75.5 cm³/mol. The maximum absolute atomic E-state index is 12.0. The van der Waals surface area contributed by atoms with E-state index in [9.17, 15) is 9.90 Å². The van der Waals surface area contributed by atoms with Crippen molar-refractivity contribution in [3.63, 3.8) is 0 Å². The maximum atomic E-state index is 12.0. The number of hydrogen-bond acceptors (Lipinski definition) is 2. The zero-order valence-electron chi connectivity index (χ0n) is 10.5. The first-order valence-corrected chi connectivity index (χ1v) is 6.27. The molecule has 0 saturated heterocycles. The van der Waals surface area contributed by atoms with Crippen LogP contribution in [0.3, 0.4) is 0 Å². The van der Waals surface area contributed by atoms with Crippen molar-refractivity contribution in [2.24, 2.45) is 0 Å². The molecule has 0 spiro atoms. The molecule has 98 valence electrons. The van der Waals surface area contributed by atoms with E-state index >= 15 is 0 Å². The second-order valence-corrected chi connectivity index (χ2v) is 4.63. The smallest absolute Gasteiger partial charge is 0.251 e. The highest BCUT2D eigenvalue weighted by Crippen LogP contribution is 2.20. The molecule has 0 aromatic heterocycles. The Kier molecular flexibility index (Phi) is 4.07. The summed E-state index contributed by atoms with van der Waals surface area (Å²) in [4.78, 5) is 12.0. The number of carbonyl (C=O) groups is 1. The summed E-state index contributed by atoms with van der Waals surface area (Å²) in [5.74, 6) is -0.112. The van der Waals surface area contributed by atoms with Crippen LogP contribution in [-0.2, 0) is 6.54 Å². The van der Waals surface area contributed by atoms with Gasteiger partial charge >= 0.3 is 0 Å². The van der Waals surface area contributed by atoms with Crippen LogP contribution in [-0.4, -0.2) is 11.0 Å². The van der Waals surface area contributed by atoms with Gasteiger partial charge in [0.1, 0.15) is 5.75 Å². The van der Waals surface area contributed by atoms with Crippen LogP contribution in [0.4, 0.5) is 0 Å². The minimum atomic E-state index is -0.228. The monoisotopic (exact) mass is 275 g/mol. The van der Waals surface area contributed by atoms with Crippen molar-refractivity contribution in [2.45, 2.75) is 13.5 Å². The fraction of sp³-hybridized carbons (Fsp3) is 0.133. The zero-order valence-corrected chi connectivity index (χ0v) is 11.2. The molecular formula is C15H14ClNO2. The second-order valence-electron chi connectivity index (χ2n) is 4.22. The first-order chi connectivity index (χ1) is 9.09. The van der Waals surface area contributed by atoms with Crippen LogP contribution in [0, 0.1) is 6.92 Å². The normalized spacial score (nSPS) is 10.2. The van der Waals surface area contributed by atoms with Gasteiger partial charge in [-0.3, -0.25) is 4.79 Å². The maximum Gasteiger partial charge on any atom is 0.251 e. The predicted octanol–water partition coefficient (Wildman–Crippen LogP) is 3.28. The van der Waals surface area contributed by atoms with Crippen molar-refractivity contribution in [1.82, 2.24) is 5.32 Å². The summed E-state index contributed by atoms with van der Waals surface area (Å²) in [5.41, 5.74) is 1.89. The molecule has 2 N–H and O–H groups in total. The number of aromatic hydroxyl groups is 1. The van der Waals surface area contributed by atoms with Crippen LogP contribution in [0.2, 0.25) is 5.02 Å². The van der Waals surface area contributed by atoms with Gasteiger partial charge in [0.2, 0.25) is 0 Å². The molecule has 0 unspecified atom stereocenters. The average Bonchev–Trinajstić information content (AvgIpc) is 2.40. The topological polar surface area (TPSA) is 49.3 Å². The molecule has 2 aromatic carbocycles. The van der Waals surface area contributed by atoms with E-state index < -0.39 is 0 Å². The Hall–Kier alpha value is -2.00. The number of amides is 1. The van der Waals surface area contributed by atoms with E-state index in [0.717, 1.165) is 5.56 Å². The third-order valence-electron chi connectivity index (χ3n) is 2.95. The van der Waals surface area contributed by atoms with Crippen molar-refractivity contribution in [2.75, 3.05) is 0 Å². The molecule has 0 radical (unpaired) electrons. The van der Waals surface area contributed by atoms with Gasteiger partial charge in [0.05, 0.1) is 0 Å². The van der Waals surface area contributed by atoms with Crippen molar-refractivity contribution in [3.05, 3.63) is 64.2 Å². The van der Waals surface area contributed by atoms with E-state index in [4.69, 9.17) is 11.6 Å². The molecule has 0 aliphatic heterocycles. The number of halogens is 1. The number of phenols is 1. The Labute approximate surface area is 116 Å². The summed E-state index contributed by atoms with van der Waals surface area (Å²) in [6, 6.07) is 12.2. The molecule has 3 nitrogen and oxygen atoms in total. The molecule has 0 atom stereocenters. The van der Waals surface area contributed by atoms with Crippen molar-refractivity contribution in [1.29, 1.82) is 0 Å². The number of nitrogens with one attached hydrogen (secondary N) is 1.